The molecule has 0 saturated carbocycles. The molecule has 0 spiro atoms. The lowest BCUT2D eigenvalue weighted by molar-refractivity contribution is 0.410. The minimum atomic E-state index is -1.09. The molecule has 0 aliphatic carbocycles. The van der Waals surface area contributed by atoms with Gasteiger partial charge in [0.05, 0.1) is 25.7 Å². The van der Waals surface area contributed by atoms with Crippen LogP contribution in [-0.2, 0) is 44.6 Å². The van der Waals surface area contributed by atoms with Gasteiger partial charge < -0.3 is 9.47 Å². The van der Waals surface area contributed by atoms with E-state index in [0.29, 0.717) is 34.5 Å². The zero-order chi connectivity index (χ0) is 18.8. The molecule has 0 atom stereocenters. The molecule has 4 aliphatic heterocycles. The van der Waals surface area contributed by atoms with Crippen LogP contribution in [0.3, 0.4) is 0 Å². The Morgan fingerprint density at radius 3 is 1.35 bits per heavy atom. The maximum Gasteiger partial charge on any atom is 0.123 e. The van der Waals surface area contributed by atoms with Crippen LogP contribution < -0.4 is 9.47 Å². The summed E-state index contributed by atoms with van der Waals surface area (Å²) in [6.45, 7) is 4.01. The van der Waals surface area contributed by atoms with Gasteiger partial charge in [-0.2, -0.15) is 0 Å². The van der Waals surface area contributed by atoms with Gasteiger partial charge in [-0.15, -0.1) is 0 Å². The summed E-state index contributed by atoms with van der Waals surface area (Å²) in [5.41, 5.74) is 5.98. The van der Waals surface area contributed by atoms with Crippen molar-refractivity contribution in [1.82, 2.24) is 0 Å². The molecule has 0 N–H and O–H groups in total. The Bertz CT molecular complexity index is 820. The highest BCUT2D eigenvalue weighted by Crippen LogP contribution is 2.30. The van der Waals surface area contributed by atoms with Crippen LogP contribution in [0.4, 0.5) is 0 Å². The average Bonchev–Trinajstić information content (AvgIpc) is 2.58. The van der Waals surface area contributed by atoms with Crippen molar-refractivity contribution in [2.75, 3.05) is 14.2 Å². The Kier molecular flexibility index (Phi) is 5.82. The van der Waals surface area contributed by atoms with Crippen LogP contribution in [0.15, 0.2) is 24.3 Å². The highest BCUT2D eigenvalue weighted by molar-refractivity contribution is 7.83. The Labute approximate surface area is 159 Å². The van der Waals surface area contributed by atoms with Gasteiger partial charge >= 0.3 is 0 Å². The van der Waals surface area contributed by atoms with Crippen molar-refractivity contribution in [2.45, 2.75) is 36.9 Å². The fourth-order valence-electron chi connectivity index (χ4n) is 3.29. The number of aryl methyl sites for hydroxylation is 2. The van der Waals surface area contributed by atoms with E-state index < -0.39 is 21.6 Å². The molecule has 0 fully saturated rings. The van der Waals surface area contributed by atoms with Crippen molar-refractivity contribution in [3.05, 3.63) is 57.6 Å². The summed E-state index contributed by atoms with van der Waals surface area (Å²) in [5.74, 6) is 3.19. The van der Waals surface area contributed by atoms with E-state index in [2.05, 4.69) is 0 Å². The molecule has 2 aromatic carbocycles. The van der Waals surface area contributed by atoms with E-state index >= 15 is 0 Å². The van der Waals surface area contributed by atoms with Crippen LogP contribution in [0.25, 0.3) is 0 Å². The van der Waals surface area contributed by atoms with E-state index in [1.54, 1.807) is 14.2 Å². The van der Waals surface area contributed by atoms with Gasteiger partial charge in [0.15, 0.2) is 0 Å². The Morgan fingerprint density at radius 2 is 1.00 bits per heavy atom. The van der Waals surface area contributed by atoms with Gasteiger partial charge in [-0.1, -0.05) is 12.1 Å². The maximum atomic E-state index is 12.8. The molecule has 140 valence electrons. The van der Waals surface area contributed by atoms with E-state index in [0.717, 1.165) is 33.4 Å². The zero-order valence-electron chi connectivity index (χ0n) is 15.6. The second-order valence-electron chi connectivity index (χ2n) is 6.64. The minimum Gasteiger partial charge on any atom is -0.496 e. The van der Waals surface area contributed by atoms with Crippen molar-refractivity contribution < 1.29 is 17.9 Å². The molecule has 0 amide bonds. The number of rotatable bonds is 2. The molecule has 6 heteroatoms. The van der Waals surface area contributed by atoms with Crippen LogP contribution >= 0.6 is 0 Å². The van der Waals surface area contributed by atoms with Crippen LogP contribution in [-0.4, -0.2) is 22.6 Å². The fraction of sp³-hybridized carbons (Fsp3) is 0.400. The first-order valence-corrected chi connectivity index (χ1v) is 11.4. The van der Waals surface area contributed by atoms with E-state index in [-0.39, 0.29) is 0 Å². The number of methoxy groups -OCH3 is 2. The quantitative estimate of drug-likeness (QED) is 0.785. The predicted octanol–water partition coefficient (Wildman–Crippen LogP) is 3.53. The topological polar surface area (TPSA) is 52.6 Å². The van der Waals surface area contributed by atoms with Crippen LogP contribution in [0.1, 0.15) is 33.4 Å². The number of hydrogen-bond donors (Lipinski definition) is 0. The molecule has 0 unspecified atom stereocenters. The van der Waals surface area contributed by atoms with Gasteiger partial charge in [0.1, 0.15) is 11.5 Å². The van der Waals surface area contributed by atoms with E-state index in [1.165, 1.54) is 0 Å². The van der Waals surface area contributed by atoms with E-state index in [4.69, 9.17) is 9.47 Å². The summed E-state index contributed by atoms with van der Waals surface area (Å²) in [6, 6.07) is 7.92. The normalized spacial score (nSPS) is 20.0. The van der Waals surface area contributed by atoms with Crippen molar-refractivity contribution in [3.8, 4) is 11.5 Å². The average molecular weight is 393 g/mol. The third-order valence-electron chi connectivity index (χ3n) is 4.74. The predicted molar refractivity (Wildman–Crippen MR) is 107 cm³/mol. The lowest BCUT2D eigenvalue weighted by atomic mass is 10.1. The monoisotopic (exact) mass is 392 g/mol. The largest absolute Gasteiger partial charge is 0.496 e. The summed E-state index contributed by atoms with van der Waals surface area (Å²) in [6.07, 6.45) is 0. The lowest BCUT2D eigenvalue weighted by Gasteiger charge is -2.17. The Hall–Kier alpha value is -1.66. The highest BCUT2D eigenvalue weighted by atomic mass is 32.2. The first kappa shape index (κ1) is 19.1. The summed E-state index contributed by atoms with van der Waals surface area (Å²) in [4.78, 5) is 0. The molecule has 0 radical (unpaired) electrons. The van der Waals surface area contributed by atoms with Crippen LogP contribution in [0.2, 0.25) is 0 Å². The van der Waals surface area contributed by atoms with Crippen molar-refractivity contribution in [2.24, 2.45) is 0 Å². The number of ether oxygens (including phenoxy) is 2. The SMILES string of the molecule is COc1cc2c(C)cc1CS(=O)Cc1cc(C)c(cc1OC)CS(=O)C2. The smallest absolute Gasteiger partial charge is 0.123 e. The molecule has 2 aromatic rings. The Balaban J connectivity index is 2.11. The molecule has 4 heterocycles. The molecular formula is C20H24O4S2. The Morgan fingerprint density at radius 1 is 0.654 bits per heavy atom. The summed E-state index contributed by atoms with van der Waals surface area (Å²) >= 11 is 0. The highest BCUT2D eigenvalue weighted by Gasteiger charge is 2.18. The third-order valence-corrected chi connectivity index (χ3v) is 7.28. The van der Waals surface area contributed by atoms with Crippen molar-refractivity contribution >= 4 is 21.6 Å². The zero-order valence-corrected chi connectivity index (χ0v) is 17.2. The second-order valence-corrected chi connectivity index (χ2v) is 9.55. The molecule has 0 aromatic heterocycles. The maximum absolute atomic E-state index is 12.8. The van der Waals surface area contributed by atoms with Crippen molar-refractivity contribution in [3.63, 3.8) is 0 Å². The second kappa shape index (κ2) is 7.92. The lowest BCUT2D eigenvalue weighted by Crippen LogP contribution is -2.09. The molecule has 4 aliphatic rings. The van der Waals surface area contributed by atoms with Gasteiger partial charge in [-0.05, 0) is 48.2 Å². The van der Waals surface area contributed by atoms with Gasteiger partial charge in [-0.3, -0.25) is 8.42 Å². The number of benzene rings is 2. The summed E-state index contributed by atoms with van der Waals surface area (Å²) < 4.78 is 36.6. The van der Waals surface area contributed by atoms with Gasteiger partial charge in [0.2, 0.25) is 0 Å². The molecule has 6 rings (SSSR count). The van der Waals surface area contributed by atoms with Crippen LogP contribution in [0, 0.1) is 13.8 Å². The molecule has 0 saturated heterocycles. The fourth-order valence-corrected chi connectivity index (χ4v) is 5.96. The molecular weight excluding hydrogens is 368 g/mol. The van der Waals surface area contributed by atoms with Crippen LogP contribution in [0.5, 0.6) is 11.5 Å². The minimum absolute atomic E-state index is 0.414. The number of hydrogen-bond acceptors (Lipinski definition) is 4. The van der Waals surface area contributed by atoms with E-state index in [9.17, 15) is 8.42 Å². The van der Waals surface area contributed by atoms with Gasteiger partial charge in [0, 0.05) is 44.2 Å². The van der Waals surface area contributed by atoms with Gasteiger partial charge in [-0.25, -0.2) is 0 Å². The molecule has 4 nitrogen and oxygen atoms in total. The summed E-state index contributed by atoms with van der Waals surface area (Å²) in [5, 5.41) is 0. The van der Waals surface area contributed by atoms with E-state index in [1.807, 2.05) is 38.1 Å². The third kappa shape index (κ3) is 4.01. The standard InChI is InChI=1S/C20H24O4S2/c1-13-5-17-11-26(22)12-18-6-14(2)16(8-20(18)24-4)10-25(21)9-15(13)7-19(17)23-3/h5-8H,9-12H2,1-4H3. The molecule has 4 bridgehead atoms. The van der Waals surface area contributed by atoms with Crippen molar-refractivity contribution in [1.29, 1.82) is 0 Å². The summed E-state index contributed by atoms with van der Waals surface area (Å²) in [7, 11) is 1.11. The first-order valence-electron chi connectivity index (χ1n) is 8.44. The molecule has 26 heavy (non-hydrogen) atoms. The first-order chi connectivity index (χ1) is 12.4. The van der Waals surface area contributed by atoms with Gasteiger partial charge in [0.25, 0.3) is 0 Å².